The minimum absolute atomic E-state index is 0.00956. The van der Waals surface area contributed by atoms with Gasteiger partial charge in [0.25, 0.3) is 0 Å². The van der Waals surface area contributed by atoms with Gasteiger partial charge in [0.2, 0.25) is 5.91 Å². The fraction of sp³-hybridized carbons (Fsp3) is 0.158. The summed E-state index contributed by atoms with van der Waals surface area (Å²) in [5, 5.41) is 4.30. The number of halogens is 1. The van der Waals surface area contributed by atoms with Gasteiger partial charge in [-0.2, -0.15) is 0 Å². The van der Waals surface area contributed by atoms with Crippen LogP contribution in [0.15, 0.2) is 63.8 Å². The zero-order valence-electron chi connectivity index (χ0n) is 13.7. The summed E-state index contributed by atoms with van der Waals surface area (Å²) in [4.78, 5) is 23.8. The molecule has 0 aliphatic carbocycles. The van der Waals surface area contributed by atoms with Crippen LogP contribution in [0.2, 0.25) is 5.02 Å². The van der Waals surface area contributed by atoms with Gasteiger partial charge in [-0.3, -0.25) is 4.79 Å². The first-order valence-corrected chi connectivity index (χ1v) is 8.57. The molecule has 6 nitrogen and oxygen atoms in total. The smallest absolute Gasteiger partial charge is 0.336 e. The normalized spacial score (nSPS) is 19.6. The summed E-state index contributed by atoms with van der Waals surface area (Å²) in [7, 11) is 0. The average molecular weight is 370 g/mol. The number of carbonyl (C=O) groups is 1. The second-order valence-electron chi connectivity index (χ2n) is 6.18. The highest BCUT2D eigenvalue weighted by molar-refractivity contribution is 6.30. The number of nitrogens with one attached hydrogen (secondary N) is 3. The van der Waals surface area contributed by atoms with E-state index in [9.17, 15) is 9.59 Å². The van der Waals surface area contributed by atoms with Crippen LogP contribution in [0.3, 0.4) is 0 Å². The number of anilines is 1. The quantitative estimate of drug-likeness (QED) is 0.618. The summed E-state index contributed by atoms with van der Waals surface area (Å²) in [5.74, 6) is -0.140. The molecule has 2 aromatic carbocycles. The molecule has 132 valence electrons. The lowest BCUT2D eigenvalue weighted by Crippen LogP contribution is -2.39. The zero-order chi connectivity index (χ0) is 18.1. The van der Waals surface area contributed by atoms with Gasteiger partial charge < -0.3 is 9.73 Å². The van der Waals surface area contributed by atoms with E-state index in [0.717, 1.165) is 10.9 Å². The Balaban J connectivity index is 1.45. The van der Waals surface area contributed by atoms with Crippen molar-refractivity contribution in [2.45, 2.75) is 18.5 Å². The summed E-state index contributed by atoms with van der Waals surface area (Å²) in [6.45, 7) is 0. The highest BCUT2D eigenvalue weighted by Gasteiger charge is 2.30. The number of hydrogen-bond acceptors (Lipinski definition) is 5. The molecule has 0 bridgehead atoms. The third kappa shape index (κ3) is 3.48. The Bertz CT molecular complexity index is 1030. The van der Waals surface area contributed by atoms with Crippen LogP contribution in [-0.2, 0) is 4.79 Å². The van der Waals surface area contributed by atoms with Crippen LogP contribution >= 0.6 is 11.6 Å². The predicted octanol–water partition coefficient (Wildman–Crippen LogP) is 2.99. The Morgan fingerprint density at radius 3 is 2.85 bits per heavy atom. The molecule has 7 heteroatoms. The molecule has 1 amide bonds. The van der Waals surface area contributed by atoms with Crippen molar-refractivity contribution in [3.8, 4) is 0 Å². The lowest BCUT2D eigenvalue weighted by molar-refractivity contribution is -0.117. The van der Waals surface area contributed by atoms with Crippen LogP contribution in [0, 0.1) is 0 Å². The molecule has 2 atom stereocenters. The summed E-state index contributed by atoms with van der Waals surface area (Å²) >= 11 is 6.03. The lowest BCUT2D eigenvalue weighted by atomic mass is 10.0. The maximum atomic E-state index is 12.5. The predicted molar refractivity (Wildman–Crippen MR) is 100.0 cm³/mol. The molecule has 26 heavy (non-hydrogen) atoms. The molecule has 3 aromatic rings. The topological polar surface area (TPSA) is 83.4 Å². The van der Waals surface area contributed by atoms with Crippen LogP contribution < -0.4 is 21.8 Å². The summed E-state index contributed by atoms with van der Waals surface area (Å²) in [6, 6.07) is 15.4. The van der Waals surface area contributed by atoms with Gasteiger partial charge in [0.1, 0.15) is 11.6 Å². The standard InChI is InChI=1S/C19H16ClN3O3/c20-13-3-1-2-11(8-13)15-10-16(23-22-15)19(25)21-14-5-6-17-12(9-14)4-7-18(24)26-17/h1-9,15-16,22-23H,10H2,(H,21,25). The maximum Gasteiger partial charge on any atom is 0.336 e. The van der Waals surface area contributed by atoms with Crippen molar-refractivity contribution in [3.63, 3.8) is 0 Å². The van der Waals surface area contributed by atoms with E-state index < -0.39 is 5.63 Å². The second-order valence-corrected chi connectivity index (χ2v) is 6.62. The van der Waals surface area contributed by atoms with E-state index >= 15 is 0 Å². The molecule has 0 radical (unpaired) electrons. The number of hydrogen-bond donors (Lipinski definition) is 3. The van der Waals surface area contributed by atoms with Crippen molar-refractivity contribution in [2.75, 3.05) is 5.32 Å². The Labute approximate surface area is 154 Å². The maximum absolute atomic E-state index is 12.5. The van der Waals surface area contributed by atoms with Crippen molar-refractivity contribution < 1.29 is 9.21 Å². The van der Waals surface area contributed by atoms with Gasteiger partial charge in [-0.1, -0.05) is 23.7 Å². The summed E-state index contributed by atoms with van der Waals surface area (Å²) in [5.41, 5.74) is 7.91. The molecule has 1 aliphatic rings. The molecule has 0 spiro atoms. The highest BCUT2D eigenvalue weighted by Crippen LogP contribution is 2.25. The first-order chi connectivity index (χ1) is 12.6. The Morgan fingerprint density at radius 2 is 2.00 bits per heavy atom. The van der Waals surface area contributed by atoms with Crippen molar-refractivity contribution in [3.05, 3.63) is 75.6 Å². The van der Waals surface area contributed by atoms with Crippen LogP contribution in [0.5, 0.6) is 0 Å². The van der Waals surface area contributed by atoms with E-state index in [4.69, 9.17) is 16.0 Å². The van der Waals surface area contributed by atoms with E-state index in [1.165, 1.54) is 6.07 Å². The third-order valence-electron chi connectivity index (χ3n) is 4.36. The molecular weight excluding hydrogens is 354 g/mol. The number of rotatable bonds is 3. The zero-order valence-corrected chi connectivity index (χ0v) is 14.4. The number of carbonyl (C=O) groups excluding carboxylic acids is 1. The minimum atomic E-state index is -0.400. The second kappa shape index (κ2) is 6.92. The van der Waals surface area contributed by atoms with E-state index in [-0.39, 0.29) is 18.0 Å². The number of hydrazine groups is 1. The van der Waals surface area contributed by atoms with Crippen LogP contribution in [0.25, 0.3) is 11.0 Å². The Hall–Kier alpha value is -2.67. The van der Waals surface area contributed by atoms with Gasteiger partial charge in [-0.05, 0) is 48.4 Å². The average Bonchev–Trinajstić information content (AvgIpc) is 3.12. The fourth-order valence-corrected chi connectivity index (χ4v) is 3.25. The molecule has 1 saturated heterocycles. The number of amides is 1. The van der Waals surface area contributed by atoms with Gasteiger partial charge in [0, 0.05) is 28.2 Å². The first kappa shape index (κ1) is 16.8. The van der Waals surface area contributed by atoms with Gasteiger partial charge in [0.05, 0.1) is 0 Å². The summed E-state index contributed by atoms with van der Waals surface area (Å²) in [6.07, 6.45) is 0.606. The van der Waals surface area contributed by atoms with E-state index in [2.05, 4.69) is 16.2 Å². The SMILES string of the molecule is O=C(Nc1ccc2oc(=O)ccc2c1)C1CC(c2cccc(Cl)c2)NN1. The molecule has 0 saturated carbocycles. The molecule has 4 rings (SSSR count). The third-order valence-corrected chi connectivity index (χ3v) is 4.59. The molecule has 2 unspecified atom stereocenters. The number of benzene rings is 2. The molecular formula is C19H16ClN3O3. The fourth-order valence-electron chi connectivity index (χ4n) is 3.05. The van der Waals surface area contributed by atoms with Crippen molar-refractivity contribution in [1.82, 2.24) is 10.9 Å². The molecule has 3 N–H and O–H groups in total. The lowest BCUT2D eigenvalue weighted by Gasteiger charge is -2.11. The minimum Gasteiger partial charge on any atom is -0.423 e. The van der Waals surface area contributed by atoms with E-state index in [1.807, 2.05) is 24.3 Å². The van der Waals surface area contributed by atoms with Crippen LogP contribution in [0.1, 0.15) is 18.0 Å². The molecule has 1 aliphatic heterocycles. The number of fused-ring (bicyclic) bond motifs is 1. The van der Waals surface area contributed by atoms with Crippen molar-refractivity contribution in [1.29, 1.82) is 0 Å². The van der Waals surface area contributed by atoms with Crippen LogP contribution in [-0.4, -0.2) is 11.9 Å². The Kier molecular flexibility index (Phi) is 4.46. The van der Waals surface area contributed by atoms with E-state index in [0.29, 0.717) is 22.7 Å². The molecule has 2 heterocycles. The monoisotopic (exact) mass is 369 g/mol. The Morgan fingerprint density at radius 1 is 1.12 bits per heavy atom. The van der Waals surface area contributed by atoms with Crippen molar-refractivity contribution in [2.24, 2.45) is 0 Å². The van der Waals surface area contributed by atoms with Gasteiger partial charge >= 0.3 is 5.63 Å². The first-order valence-electron chi connectivity index (χ1n) is 8.20. The largest absolute Gasteiger partial charge is 0.423 e. The van der Waals surface area contributed by atoms with E-state index in [1.54, 1.807) is 24.3 Å². The van der Waals surface area contributed by atoms with Gasteiger partial charge in [-0.15, -0.1) is 0 Å². The van der Waals surface area contributed by atoms with Crippen LogP contribution in [0.4, 0.5) is 5.69 Å². The molecule has 1 fully saturated rings. The van der Waals surface area contributed by atoms with Crippen molar-refractivity contribution >= 4 is 34.2 Å². The molecule has 1 aromatic heterocycles. The highest BCUT2D eigenvalue weighted by atomic mass is 35.5. The van der Waals surface area contributed by atoms with Gasteiger partial charge in [0.15, 0.2) is 0 Å². The van der Waals surface area contributed by atoms with Gasteiger partial charge in [-0.25, -0.2) is 15.6 Å². The summed E-state index contributed by atoms with van der Waals surface area (Å²) < 4.78 is 5.09.